The Morgan fingerprint density at radius 2 is 2.00 bits per heavy atom. The van der Waals surface area contributed by atoms with Gasteiger partial charge in [-0.15, -0.1) is 0 Å². The number of benzene rings is 1. The Bertz CT molecular complexity index is 1070. The Balaban J connectivity index is 1.54. The lowest BCUT2D eigenvalue weighted by Crippen LogP contribution is -2.13. The van der Waals surface area contributed by atoms with Crippen LogP contribution in [0.5, 0.6) is 0 Å². The molecule has 3 heterocycles. The van der Waals surface area contributed by atoms with Crippen LogP contribution in [0.4, 0.5) is 5.69 Å². The summed E-state index contributed by atoms with van der Waals surface area (Å²) in [5.41, 5.74) is 2.67. The van der Waals surface area contributed by atoms with E-state index >= 15 is 0 Å². The SMILES string of the molecule is Cc1oncc1C(=O)Nc1ccccc1Cc1nc(-c2cccnc2)no1. The Morgan fingerprint density at radius 1 is 1.11 bits per heavy atom. The molecule has 0 unspecified atom stereocenters. The third kappa shape index (κ3) is 3.59. The second-order valence-electron chi connectivity index (χ2n) is 5.84. The normalized spacial score (nSPS) is 10.7. The number of aromatic nitrogens is 4. The minimum absolute atomic E-state index is 0.289. The molecule has 0 saturated heterocycles. The van der Waals surface area contributed by atoms with E-state index in [4.69, 9.17) is 9.05 Å². The number of nitrogens with one attached hydrogen (secondary N) is 1. The fraction of sp³-hybridized carbons (Fsp3) is 0.105. The summed E-state index contributed by atoms with van der Waals surface area (Å²) in [6.07, 6.45) is 5.13. The van der Waals surface area contributed by atoms with Crippen LogP contribution < -0.4 is 5.32 Å². The zero-order chi connectivity index (χ0) is 18.6. The van der Waals surface area contributed by atoms with E-state index in [1.54, 1.807) is 19.3 Å². The zero-order valence-electron chi connectivity index (χ0n) is 14.4. The Morgan fingerprint density at radius 3 is 2.78 bits per heavy atom. The van der Waals surface area contributed by atoms with Crippen molar-refractivity contribution in [2.45, 2.75) is 13.3 Å². The van der Waals surface area contributed by atoms with Gasteiger partial charge in [0.25, 0.3) is 5.91 Å². The summed E-state index contributed by atoms with van der Waals surface area (Å²) >= 11 is 0. The van der Waals surface area contributed by atoms with Crippen molar-refractivity contribution in [2.24, 2.45) is 0 Å². The topological polar surface area (TPSA) is 107 Å². The van der Waals surface area contributed by atoms with Gasteiger partial charge >= 0.3 is 0 Å². The molecule has 1 amide bonds. The molecule has 0 aliphatic rings. The predicted octanol–water partition coefficient (Wildman–Crippen LogP) is 3.27. The number of nitrogens with zero attached hydrogens (tertiary/aromatic N) is 4. The molecule has 0 atom stereocenters. The fourth-order valence-corrected chi connectivity index (χ4v) is 2.60. The summed E-state index contributed by atoms with van der Waals surface area (Å²) in [5.74, 6) is 1.09. The highest BCUT2D eigenvalue weighted by atomic mass is 16.5. The van der Waals surface area contributed by atoms with Crippen LogP contribution in [0.3, 0.4) is 0 Å². The van der Waals surface area contributed by atoms with E-state index in [1.807, 2.05) is 36.4 Å². The largest absolute Gasteiger partial charge is 0.361 e. The highest BCUT2D eigenvalue weighted by Crippen LogP contribution is 2.21. The first-order valence-corrected chi connectivity index (χ1v) is 8.24. The highest BCUT2D eigenvalue weighted by Gasteiger charge is 2.16. The van der Waals surface area contributed by atoms with Crippen molar-refractivity contribution >= 4 is 11.6 Å². The number of anilines is 1. The molecule has 8 heteroatoms. The average molecular weight is 361 g/mol. The quantitative estimate of drug-likeness (QED) is 0.581. The molecular weight excluding hydrogens is 346 g/mol. The molecule has 0 aliphatic heterocycles. The van der Waals surface area contributed by atoms with Gasteiger partial charge in [0.15, 0.2) is 0 Å². The number of rotatable bonds is 5. The Labute approximate surface area is 154 Å². The third-order valence-electron chi connectivity index (χ3n) is 3.99. The fourth-order valence-electron chi connectivity index (χ4n) is 2.60. The van der Waals surface area contributed by atoms with Gasteiger partial charge in [0, 0.05) is 23.6 Å². The van der Waals surface area contributed by atoms with Crippen LogP contribution in [0.15, 0.2) is 64.0 Å². The first-order valence-electron chi connectivity index (χ1n) is 8.24. The summed E-state index contributed by atoms with van der Waals surface area (Å²) in [7, 11) is 0. The lowest BCUT2D eigenvalue weighted by Gasteiger charge is -2.09. The first-order chi connectivity index (χ1) is 13.2. The number of para-hydroxylation sites is 1. The van der Waals surface area contributed by atoms with Crippen LogP contribution in [0.1, 0.15) is 27.6 Å². The van der Waals surface area contributed by atoms with Crippen molar-refractivity contribution in [3.8, 4) is 11.4 Å². The van der Waals surface area contributed by atoms with Gasteiger partial charge in [0.1, 0.15) is 11.3 Å². The minimum Gasteiger partial charge on any atom is -0.361 e. The molecule has 4 aromatic rings. The number of pyridine rings is 1. The van der Waals surface area contributed by atoms with Crippen molar-refractivity contribution < 1.29 is 13.8 Å². The van der Waals surface area contributed by atoms with Crippen molar-refractivity contribution in [2.75, 3.05) is 5.32 Å². The van der Waals surface area contributed by atoms with Crippen LogP contribution in [0.25, 0.3) is 11.4 Å². The first kappa shape index (κ1) is 16.6. The lowest BCUT2D eigenvalue weighted by atomic mass is 10.1. The van der Waals surface area contributed by atoms with Gasteiger partial charge in [0.2, 0.25) is 11.7 Å². The van der Waals surface area contributed by atoms with Crippen molar-refractivity contribution in [3.63, 3.8) is 0 Å². The molecule has 4 rings (SSSR count). The number of carbonyl (C=O) groups is 1. The monoisotopic (exact) mass is 361 g/mol. The molecule has 8 nitrogen and oxygen atoms in total. The van der Waals surface area contributed by atoms with Gasteiger partial charge in [-0.3, -0.25) is 9.78 Å². The molecule has 3 aromatic heterocycles. The van der Waals surface area contributed by atoms with Crippen LogP contribution in [0, 0.1) is 6.92 Å². The molecule has 0 spiro atoms. The molecule has 134 valence electrons. The van der Waals surface area contributed by atoms with Gasteiger partial charge in [-0.2, -0.15) is 4.98 Å². The molecule has 1 N–H and O–H groups in total. The van der Waals surface area contributed by atoms with E-state index in [1.165, 1.54) is 6.20 Å². The van der Waals surface area contributed by atoms with Crippen LogP contribution in [-0.2, 0) is 6.42 Å². The van der Waals surface area contributed by atoms with Crippen LogP contribution in [0.2, 0.25) is 0 Å². The molecule has 0 fully saturated rings. The number of carbonyl (C=O) groups excluding carboxylic acids is 1. The summed E-state index contributed by atoms with van der Waals surface area (Å²) in [5, 5.41) is 10.5. The van der Waals surface area contributed by atoms with Gasteiger partial charge in [0.05, 0.1) is 12.6 Å². The minimum atomic E-state index is -0.289. The molecule has 27 heavy (non-hydrogen) atoms. The third-order valence-corrected chi connectivity index (χ3v) is 3.99. The Kier molecular flexibility index (Phi) is 4.44. The maximum Gasteiger partial charge on any atom is 0.260 e. The summed E-state index contributed by atoms with van der Waals surface area (Å²) in [6, 6.07) is 11.1. The van der Waals surface area contributed by atoms with E-state index in [-0.39, 0.29) is 5.91 Å². The number of aryl methyl sites for hydroxylation is 1. The van der Waals surface area contributed by atoms with Crippen molar-refractivity contribution in [1.29, 1.82) is 0 Å². The van der Waals surface area contributed by atoms with E-state index in [0.29, 0.717) is 35.1 Å². The highest BCUT2D eigenvalue weighted by molar-refractivity contribution is 6.05. The van der Waals surface area contributed by atoms with Crippen molar-refractivity contribution in [1.82, 2.24) is 20.3 Å². The molecule has 0 saturated carbocycles. The Hall–Kier alpha value is -3.81. The molecule has 0 aliphatic carbocycles. The summed E-state index contributed by atoms with van der Waals surface area (Å²) in [6.45, 7) is 1.69. The maximum atomic E-state index is 12.4. The molecular formula is C19H15N5O3. The maximum absolute atomic E-state index is 12.4. The second kappa shape index (κ2) is 7.20. The lowest BCUT2D eigenvalue weighted by molar-refractivity contribution is 0.102. The average Bonchev–Trinajstić information content (AvgIpc) is 3.33. The number of amides is 1. The summed E-state index contributed by atoms with van der Waals surface area (Å²) in [4.78, 5) is 20.9. The second-order valence-corrected chi connectivity index (χ2v) is 5.84. The smallest absolute Gasteiger partial charge is 0.260 e. The van der Waals surface area contributed by atoms with E-state index in [9.17, 15) is 4.79 Å². The molecule has 0 radical (unpaired) electrons. The van der Waals surface area contributed by atoms with E-state index < -0.39 is 0 Å². The number of hydrogen-bond donors (Lipinski definition) is 1. The van der Waals surface area contributed by atoms with E-state index in [0.717, 1.165) is 11.1 Å². The van der Waals surface area contributed by atoms with E-state index in [2.05, 4.69) is 25.6 Å². The van der Waals surface area contributed by atoms with Crippen molar-refractivity contribution in [3.05, 3.63) is 77.8 Å². The zero-order valence-corrected chi connectivity index (χ0v) is 14.4. The standard InChI is InChI=1S/C19H15N5O3/c1-12-15(11-21-26-12)19(25)22-16-7-3-2-5-13(16)9-17-23-18(24-27-17)14-6-4-8-20-10-14/h2-8,10-11H,9H2,1H3,(H,22,25). The molecule has 1 aromatic carbocycles. The number of hydrogen-bond acceptors (Lipinski definition) is 7. The van der Waals surface area contributed by atoms with Gasteiger partial charge in [-0.25, -0.2) is 0 Å². The van der Waals surface area contributed by atoms with Gasteiger partial charge in [-0.05, 0) is 30.7 Å². The van der Waals surface area contributed by atoms with Crippen LogP contribution >= 0.6 is 0 Å². The molecule has 0 bridgehead atoms. The van der Waals surface area contributed by atoms with Gasteiger partial charge < -0.3 is 14.4 Å². The summed E-state index contributed by atoms with van der Waals surface area (Å²) < 4.78 is 10.3. The van der Waals surface area contributed by atoms with Gasteiger partial charge in [-0.1, -0.05) is 28.5 Å². The predicted molar refractivity (Wildman–Crippen MR) is 96.0 cm³/mol. The van der Waals surface area contributed by atoms with Crippen LogP contribution in [-0.4, -0.2) is 26.2 Å².